The van der Waals surface area contributed by atoms with Crippen LogP contribution in [-0.4, -0.2) is 24.7 Å². The van der Waals surface area contributed by atoms with Gasteiger partial charge in [-0.2, -0.15) is 0 Å². The average molecular weight is 231 g/mol. The molecule has 90 valence electrons. The highest BCUT2D eigenvalue weighted by Crippen LogP contribution is 2.09. The van der Waals surface area contributed by atoms with Crippen LogP contribution < -0.4 is 5.32 Å². The molecule has 0 unspecified atom stereocenters. The summed E-state index contributed by atoms with van der Waals surface area (Å²) in [4.78, 5) is 10.5. The van der Waals surface area contributed by atoms with Crippen molar-refractivity contribution in [2.24, 2.45) is 0 Å². The van der Waals surface area contributed by atoms with Crippen LogP contribution in [-0.2, 0) is 11.2 Å². The molecule has 0 aliphatic rings. The summed E-state index contributed by atoms with van der Waals surface area (Å²) in [6.45, 7) is 0.865. The Morgan fingerprint density at radius 2 is 2.18 bits per heavy atom. The zero-order chi connectivity index (χ0) is 12.5. The van der Waals surface area contributed by atoms with E-state index < -0.39 is 5.97 Å². The van der Waals surface area contributed by atoms with Gasteiger partial charge in [0.25, 0.3) is 0 Å². The van der Waals surface area contributed by atoms with Crippen molar-refractivity contribution in [3.8, 4) is 11.8 Å². The minimum atomic E-state index is -0.775. The van der Waals surface area contributed by atoms with Gasteiger partial charge in [0.15, 0.2) is 0 Å². The van der Waals surface area contributed by atoms with Gasteiger partial charge in [-0.15, -0.1) is 0 Å². The zero-order valence-corrected chi connectivity index (χ0v) is 9.99. The van der Waals surface area contributed by atoms with Crippen LogP contribution in [0.1, 0.15) is 24.0 Å². The highest BCUT2D eigenvalue weighted by atomic mass is 16.4. The standard InChI is InChI=1S/C14H17NO2/c1-15-11-5-4-8-12-6-2-3-7-13(12)9-10-14(16)17/h2-3,6-7,15H,5,9-11H2,1H3,(H,16,17). The van der Waals surface area contributed by atoms with E-state index >= 15 is 0 Å². The van der Waals surface area contributed by atoms with E-state index in [1.807, 2.05) is 31.3 Å². The van der Waals surface area contributed by atoms with Crippen molar-refractivity contribution >= 4 is 5.97 Å². The Bertz CT molecular complexity index is 429. The number of hydrogen-bond donors (Lipinski definition) is 2. The first kappa shape index (κ1) is 13.3. The summed E-state index contributed by atoms with van der Waals surface area (Å²) in [5.41, 5.74) is 1.94. The molecule has 0 spiro atoms. The van der Waals surface area contributed by atoms with Crippen LogP contribution in [0, 0.1) is 11.8 Å². The number of hydrogen-bond acceptors (Lipinski definition) is 2. The fraction of sp³-hybridized carbons (Fsp3) is 0.357. The van der Waals surface area contributed by atoms with E-state index in [1.54, 1.807) is 0 Å². The maximum Gasteiger partial charge on any atom is 0.303 e. The molecule has 1 aromatic rings. The lowest BCUT2D eigenvalue weighted by Gasteiger charge is -2.01. The molecule has 1 aromatic carbocycles. The summed E-state index contributed by atoms with van der Waals surface area (Å²) in [6.07, 6.45) is 1.48. The average Bonchev–Trinajstić information content (AvgIpc) is 2.33. The molecule has 0 aliphatic carbocycles. The first-order chi connectivity index (χ1) is 8.24. The Morgan fingerprint density at radius 1 is 1.41 bits per heavy atom. The second-order valence-electron chi connectivity index (χ2n) is 3.71. The number of aryl methyl sites for hydroxylation is 1. The third-order valence-electron chi connectivity index (χ3n) is 2.35. The molecule has 1 rings (SSSR count). The number of nitrogens with one attached hydrogen (secondary N) is 1. The first-order valence-electron chi connectivity index (χ1n) is 5.67. The smallest absolute Gasteiger partial charge is 0.303 e. The molecule has 3 heteroatoms. The fourth-order valence-electron chi connectivity index (χ4n) is 1.45. The Balaban J connectivity index is 2.69. The Labute approximate surface area is 102 Å². The summed E-state index contributed by atoms with van der Waals surface area (Å²) >= 11 is 0. The second-order valence-corrected chi connectivity index (χ2v) is 3.71. The molecular formula is C14H17NO2. The lowest BCUT2D eigenvalue weighted by Crippen LogP contribution is -2.06. The Kier molecular flexibility index (Phi) is 5.84. The van der Waals surface area contributed by atoms with Crippen molar-refractivity contribution in [3.63, 3.8) is 0 Å². The van der Waals surface area contributed by atoms with Crippen LogP contribution in [0.15, 0.2) is 24.3 Å². The topological polar surface area (TPSA) is 49.3 Å². The molecule has 17 heavy (non-hydrogen) atoms. The highest BCUT2D eigenvalue weighted by Gasteiger charge is 2.02. The number of aliphatic carboxylic acids is 1. The molecule has 0 radical (unpaired) electrons. The van der Waals surface area contributed by atoms with E-state index in [4.69, 9.17) is 5.11 Å². The van der Waals surface area contributed by atoms with E-state index in [-0.39, 0.29) is 6.42 Å². The van der Waals surface area contributed by atoms with Gasteiger partial charge in [0.05, 0.1) is 0 Å². The van der Waals surface area contributed by atoms with E-state index in [0.29, 0.717) is 6.42 Å². The van der Waals surface area contributed by atoms with Crippen LogP contribution in [0.3, 0.4) is 0 Å². The number of carbonyl (C=O) groups is 1. The molecule has 0 heterocycles. The second kappa shape index (κ2) is 7.48. The Morgan fingerprint density at radius 3 is 2.88 bits per heavy atom. The largest absolute Gasteiger partial charge is 0.481 e. The van der Waals surface area contributed by atoms with Crippen molar-refractivity contribution in [2.75, 3.05) is 13.6 Å². The van der Waals surface area contributed by atoms with Crippen molar-refractivity contribution < 1.29 is 9.90 Å². The lowest BCUT2D eigenvalue weighted by atomic mass is 10.0. The normalized spacial score (nSPS) is 9.47. The molecule has 0 aliphatic heterocycles. The van der Waals surface area contributed by atoms with Gasteiger partial charge in [-0.05, 0) is 25.1 Å². The molecule has 0 saturated heterocycles. The van der Waals surface area contributed by atoms with Gasteiger partial charge in [-0.1, -0.05) is 30.0 Å². The number of carboxylic acid groups (broad SMARTS) is 1. The molecule has 0 aromatic heterocycles. The monoisotopic (exact) mass is 231 g/mol. The highest BCUT2D eigenvalue weighted by molar-refractivity contribution is 5.67. The van der Waals surface area contributed by atoms with E-state index in [2.05, 4.69) is 17.2 Å². The molecule has 0 atom stereocenters. The van der Waals surface area contributed by atoms with Crippen LogP contribution in [0.25, 0.3) is 0 Å². The molecule has 0 amide bonds. The predicted molar refractivity (Wildman–Crippen MR) is 67.8 cm³/mol. The van der Waals surface area contributed by atoms with E-state index in [0.717, 1.165) is 24.1 Å². The van der Waals surface area contributed by atoms with Gasteiger partial charge in [-0.25, -0.2) is 0 Å². The Hall–Kier alpha value is -1.79. The maximum atomic E-state index is 10.5. The SMILES string of the molecule is CNCCC#Cc1ccccc1CCC(=O)O. The van der Waals surface area contributed by atoms with Crippen LogP contribution in [0.4, 0.5) is 0 Å². The van der Waals surface area contributed by atoms with Gasteiger partial charge in [0.2, 0.25) is 0 Å². The molecule has 0 fully saturated rings. The lowest BCUT2D eigenvalue weighted by molar-refractivity contribution is -0.136. The summed E-state index contributed by atoms with van der Waals surface area (Å²) in [5.74, 6) is 5.38. The van der Waals surface area contributed by atoms with Crippen molar-refractivity contribution in [3.05, 3.63) is 35.4 Å². The first-order valence-corrected chi connectivity index (χ1v) is 5.67. The third-order valence-corrected chi connectivity index (χ3v) is 2.35. The van der Waals surface area contributed by atoms with Crippen LogP contribution >= 0.6 is 0 Å². The van der Waals surface area contributed by atoms with Crippen LogP contribution in [0.2, 0.25) is 0 Å². The van der Waals surface area contributed by atoms with E-state index in [9.17, 15) is 4.79 Å². The van der Waals surface area contributed by atoms with Gasteiger partial charge >= 0.3 is 5.97 Å². The van der Waals surface area contributed by atoms with E-state index in [1.165, 1.54) is 0 Å². The van der Waals surface area contributed by atoms with Crippen molar-refractivity contribution in [2.45, 2.75) is 19.3 Å². The predicted octanol–water partition coefficient (Wildman–Crippen LogP) is 1.66. The van der Waals surface area contributed by atoms with Gasteiger partial charge < -0.3 is 10.4 Å². The quantitative estimate of drug-likeness (QED) is 0.598. The minimum absolute atomic E-state index is 0.148. The number of rotatable bonds is 5. The summed E-state index contributed by atoms with van der Waals surface area (Å²) in [5, 5.41) is 11.7. The molecular weight excluding hydrogens is 214 g/mol. The molecule has 2 N–H and O–H groups in total. The maximum absolute atomic E-state index is 10.5. The summed E-state index contributed by atoms with van der Waals surface area (Å²) in [7, 11) is 1.89. The number of benzene rings is 1. The fourth-order valence-corrected chi connectivity index (χ4v) is 1.45. The summed E-state index contributed by atoms with van der Waals surface area (Å²) in [6, 6.07) is 7.71. The van der Waals surface area contributed by atoms with Crippen LogP contribution in [0.5, 0.6) is 0 Å². The van der Waals surface area contributed by atoms with Gasteiger partial charge in [-0.3, -0.25) is 4.79 Å². The minimum Gasteiger partial charge on any atom is -0.481 e. The van der Waals surface area contributed by atoms with Crippen molar-refractivity contribution in [1.82, 2.24) is 5.32 Å². The van der Waals surface area contributed by atoms with Gasteiger partial charge in [0.1, 0.15) is 0 Å². The summed E-state index contributed by atoms with van der Waals surface area (Å²) < 4.78 is 0. The van der Waals surface area contributed by atoms with Crippen molar-refractivity contribution in [1.29, 1.82) is 0 Å². The molecule has 0 bridgehead atoms. The zero-order valence-electron chi connectivity index (χ0n) is 9.99. The number of carboxylic acids is 1. The van der Waals surface area contributed by atoms with Gasteiger partial charge in [0, 0.05) is 24.9 Å². The molecule has 3 nitrogen and oxygen atoms in total. The molecule has 0 saturated carbocycles. The third kappa shape index (κ3) is 5.19.